The van der Waals surface area contributed by atoms with Crippen LogP contribution in [0.25, 0.3) is 0 Å². The lowest BCUT2D eigenvalue weighted by atomic mass is 10.2. The SMILES string of the molecule is Cc1ccc(C(C)n2c(C)c(C)c(C#N)c2N)s1. The zero-order valence-corrected chi connectivity index (χ0v) is 11.9. The third kappa shape index (κ3) is 1.81. The summed E-state index contributed by atoms with van der Waals surface area (Å²) in [6.07, 6.45) is 0. The van der Waals surface area contributed by atoms with Crippen LogP contribution in [0.2, 0.25) is 0 Å². The molecular formula is C14H17N3S. The summed E-state index contributed by atoms with van der Waals surface area (Å²) in [7, 11) is 0. The first kappa shape index (κ1) is 12.7. The summed E-state index contributed by atoms with van der Waals surface area (Å²) < 4.78 is 2.05. The predicted octanol–water partition coefficient (Wildman–Crippen LogP) is 3.54. The molecular weight excluding hydrogens is 242 g/mol. The van der Waals surface area contributed by atoms with Crippen LogP contribution in [0.5, 0.6) is 0 Å². The van der Waals surface area contributed by atoms with E-state index in [0.717, 1.165) is 11.3 Å². The fourth-order valence-electron chi connectivity index (χ4n) is 2.30. The van der Waals surface area contributed by atoms with E-state index in [1.54, 1.807) is 11.3 Å². The van der Waals surface area contributed by atoms with Gasteiger partial charge in [-0.3, -0.25) is 0 Å². The minimum atomic E-state index is 0.171. The Morgan fingerprint density at radius 2 is 2.00 bits per heavy atom. The van der Waals surface area contributed by atoms with Gasteiger partial charge in [0.1, 0.15) is 11.9 Å². The van der Waals surface area contributed by atoms with Crippen LogP contribution < -0.4 is 5.73 Å². The molecule has 0 radical (unpaired) electrons. The van der Waals surface area contributed by atoms with Gasteiger partial charge < -0.3 is 10.3 Å². The number of aryl methyl sites for hydroxylation is 1. The number of nitrogens with two attached hydrogens (primary N) is 1. The number of nitrogens with zero attached hydrogens (tertiary/aromatic N) is 2. The molecule has 2 aromatic heterocycles. The summed E-state index contributed by atoms with van der Waals surface area (Å²) in [5, 5.41) is 9.15. The summed E-state index contributed by atoms with van der Waals surface area (Å²) in [5.74, 6) is 0.575. The molecule has 2 heterocycles. The van der Waals surface area contributed by atoms with Gasteiger partial charge in [0.2, 0.25) is 0 Å². The molecule has 1 atom stereocenters. The molecule has 0 aliphatic carbocycles. The first-order valence-electron chi connectivity index (χ1n) is 5.90. The number of nitriles is 1. The van der Waals surface area contributed by atoms with E-state index < -0.39 is 0 Å². The minimum absolute atomic E-state index is 0.171. The van der Waals surface area contributed by atoms with Gasteiger partial charge in [-0.25, -0.2) is 0 Å². The van der Waals surface area contributed by atoms with Gasteiger partial charge in [-0.15, -0.1) is 11.3 Å². The predicted molar refractivity (Wildman–Crippen MR) is 75.9 cm³/mol. The lowest BCUT2D eigenvalue weighted by Crippen LogP contribution is -2.10. The lowest BCUT2D eigenvalue weighted by Gasteiger charge is -2.16. The van der Waals surface area contributed by atoms with Crippen molar-refractivity contribution in [3.8, 4) is 6.07 Å². The van der Waals surface area contributed by atoms with Crippen molar-refractivity contribution in [2.75, 3.05) is 5.73 Å². The van der Waals surface area contributed by atoms with Crippen LogP contribution in [-0.2, 0) is 0 Å². The fraction of sp³-hybridized carbons (Fsp3) is 0.357. The number of hydrogen-bond acceptors (Lipinski definition) is 3. The van der Waals surface area contributed by atoms with Crippen LogP contribution in [0.3, 0.4) is 0 Å². The van der Waals surface area contributed by atoms with Crippen LogP contribution in [0.4, 0.5) is 5.82 Å². The Bertz CT molecular complexity index is 628. The number of rotatable bonds is 2. The fourth-order valence-corrected chi connectivity index (χ4v) is 3.22. The van der Waals surface area contributed by atoms with E-state index in [1.165, 1.54) is 9.75 Å². The molecule has 0 aromatic carbocycles. The summed E-state index contributed by atoms with van der Waals surface area (Å²) in [5.41, 5.74) is 8.76. The largest absolute Gasteiger partial charge is 0.384 e. The average molecular weight is 259 g/mol. The van der Waals surface area contributed by atoms with Crippen LogP contribution in [-0.4, -0.2) is 4.57 Å². The average Bonchev–Trinajstić information content (AvgIpc) is 2.84. The van der Waals surface area contributed by atoms with Gasteiger partial charge in [-0.2, -0.15) is 5.26 Å². The molecule has 2 N–H and O–H groups in total. The van der Waals surface area contributed by atoms with Gasteiger partial charge in [0.15, 0.2) is 0 Å². The van der Waals surface area contributed by atoms with Crippen molar-refractivity contribution in [1.82, 2.24) is 4.57 Å². The lowest BCUT2D eigenvalue weighted by molar-refractivity contribution is 0.644. The van der Waals surface area contributed by atoms with Crippen molar-refractivity contribution in [3.63, 3.8) is 0 Å². The molecule has 0 amide bonds. The Morgan fingerprint density at radius 1 is 1.33 bits per heavy atom. The smallest absolute Gasteiger partial charge is 0.122 e. The highest BCUT2D eigenvalue weighted by atomic mass is 32.1. The quantitative estimate of drug-likeness (QED) is 0.896. The Hall–Kier alpha value is -1.73. The van der Waals surface area contributed by atoms with E-state index in [4.69, 9.17) is 11.0 Å². The van der Waals surface area contributed by atoms with Crippen LogP contribution in [0, 0.1) is 32.1 Å². The molecule has 0 aliphatic rings. The summed E-state index contributed by atoms with van der Waals surface area (Å²) in [4.78, 5) is 2.55. The molecule has 0 saturated carbocycles. The maximum absolute atomic E-state index is 9.15. The molecule has 0 saturated heterocycles. The van der Waals surface area contributed by atoms with E-state index in [0.29, 0.717) is 11.4 Å². The molecule has 4 heteroatoms. The van der Waals surface area contributed by atoms with Gasteiger partial charge in [-0.05, 0) is 45.4 Å². The molecule has 3 nitrogen and oxygen atoms in total. The molecule has 0 spiro atoms. The Kier molecular flexibility index (Phi) is 3.18. The Morgan fingerprint density at radius 3 is 2.44 bits per heavy atom. The second-order valence-electron chi connectivity index (χ2n) is 4.58. The summed E-state index contributed by atoms with van der Waals surface area (Å²) >= 11 is 1.77. The van der Waals surface area contributed by atoms with Gasteiger partial charge in [0, 0.05) is 15.4 Å². The highest BCUT2D eigenvalue weighted by Crippen LogP contribution is 2.33. The summed E-state index contributed by atoms with van der Waals surface area (Å²) in [6.45, 7) is 8.19. The highest BCUT2D eigenvalue weighted by Gasteiger charge is 2.20. The normalized spacial score (nSPS) is 12.4. The Labute approximate surface area is 111 Å². The first-order valence-corrected chi connectivity index (χ1v) is 6.72. The van der Waals surface area contributed by atoms with Crippen molar-refractivity contribution in [1.29, 1.82) is 5.26 Å². The number of nitrogen functional groups attached to an aromatic ring is 1. The monoisotopic (exact) mass is 259 g/mol. The van der Waals surface area contributed by atoms with E-state index in [9.17, 15) is 0 Å². The van der Waals surface area contributed by atoms with Crippen molar-refractivity contribution in [3.05, 3.63) is 38.7 Å². The van der Waals surface area contributed by atoms with Crippen molar-refractivity contribution >= 4 is 17.2 Å². The first-order chi connectivity index (χ1) is 8.47. The third-order valence-electron chi connectivity index (χ3n) is 3.47. The molecule has 1 unspecified atom stereocenters. The molecule has 0 bridgehead atoms. The van der Waals surface area contributed by atoms with Gasteiger partial charge in [0.25, 0.3) is 0 Å². The second-order valence-corrected chi connectivity index (χ2v) is 5.90. The molecule has 18 heavy (non-hydrogen) atoms. The topological polar surface area (TPSA) is 54.7 Å². The third-order valence-corrected chi connectivity index (χ3v) is 4.64. The maximum atomic E-state index is 9.15. The number of aromatic nitrogens is 1. The van der Waals surface area contributed by atoms with E-state index in [2.05, 4.69) is 36.6 Å². The molecule has 2 rings (SSSR count). The maximum Gasteiger partial charge on any atom is 0.122 e. The van der Waals surface area contributed by atoms with Gasteiger partial charge in [0.05, 0.1) is 11.6 Å². The zero-order valence-electron chi connectivity index (χ0n) is 11.1. The molecule has 94 valence electrons. The second kappa shape index (κ2) is 4.51. The van der Waals surface area contributed by atoms with E-state index in [1.807, 2.05) is 13.8 Å². The molecule has 0 fully saturated rings. The van der Waals surface area contributed by atoms with Crippen molar-refractivity contribution in [2.45, 2.75) is 33.7 Å². The molecule has 0 aliphatic heterocycles. The Balaban J connectivity index is 2.56. The number of thiophene rings is 1. The van der Waals surface area contributed by atoms with Gasteiger partial charge in [-0.1, -0.05) is 0 Å². The summed E-state index contributed by atoms with van der Waals surface area (Å²) in [6, 6.07) is 6.61. The highest BCUT2D eigenvalue weighted by molar-refractivity contribution is 7.12. The van der Waals surface area contributed by atoms with E-state index >= 15 is 0 Å². The minimum Gasteiger partial charge on any atom is -0.384 e. The van der Waals surface area contributed by atoms with Crippen LogP contribution in [0.1, 0.15) is 39.5 Å². The molecule has 2 aromatic rings. The zero-order chi connectivity index (χ0) is 13.4. The van der Waals surface area contributed by atoms with E-state index in [-0.39, 0.29) is 6.04 Å². The van der Waals surface area contributed by atoms with Gasteiger partial charge >= 0.3 is 0 Å². The number of anilines is 1. The van der Waals surface area contributed by atoms with Crippen molar-refractivity contribution in [2.24, 2.45) is 0 Å². The standard InChI is InChI=1S/C14H17N3S/c1-8-5-6-13(18-8)11(4)17-10(3)9(2)12(7-15)14(17)16/h5-6,11H,16H2,1-4H3. The van der Waals surface area contributed by atoms with Crippen molar-refractivity contribution < 1.29 is 0 Å². The van der Waals surface area contributed by atoms with Crippen LogP contribution in [0.15, 0.2) is 12.1 Å². The number of hydrogen-bond donors (Lipinski definition) is 1. The van der Waals surface area contributed by atoms with Crippen LogP contribution >= 0.6 is 11.3 Å².